The lowest BCUT2D eigenvalue weighted by Gasteiger charge is -2.24. The Kier molecular flexibility index (Phi) is 4.77. The lowest BCUT2D eigenvalue weighted by molar-refractivity contribution is 0.165. The van der Waals surface area contributed by atoms with E-state index in [-0.39, 0.29) is 11.5 Å². The van der Waals surface area contributed by atoms with Crippen molar-refractivity contribution in [3.05, 3.63) is 22.4 Å². The van der Waals surface area contributed by atoms with Crippen LogP contribution in [0.3, 0.4) is 0 Å². The summed E-state index contributed by atoms with van der Waals surface area (Å²) in [5.74, 6) is 0. The van der Waals surface area contributed by atoms with Gasteiger partial charge in [-0.2, -0.15) is 0 Å². The first-order valence-corrected chi connectivity index (χ1v) is 6.37. The number of thiophene rings is 1. The third kappa shape index (κ3) is 3.93. The summed E-state index contributed by atoms with van der Waals surface area (Å²) in [7, 11) is 0. The fraction of sp³-hybridized carbons (Fsp3) is 0.667. The molecule has 0 aromatic carbocycles. The minimum Gasteiger partial charge on any atom is -0.392 e. The molecule has 1 atom stereocenters. The molecule has 0 aliphatic heterocycles. The van der Waals surface area contributed by atoms with Gasteiger partial charge in [-0.1, -0.05) is 26.8 Å². The highest BCUT2D eigenvalue weighted by Crippen LogP contribution is 2.26. The second-order valence-electron chi connectivity index (χ2n) is 4.55. The van der Waals surface area contributed by atoms with Crippen LogP contribution in [0.25, 0.3) is 0 Å². The molecular weight excluding hydrogens is 206 g/mol. The third-order valence-electron chi connectivity index (χ3n) is 2.61. The van der Waals surface area contributed by atoms with Gasteiger partial charge in [0.2, 0.25) is 0 Å². The average molecular weight is 227 g/mol. The Morgan fingerprint density at radius 3 is 2.80 bits per heavy atom. The molecule has 1 unspecified atom stereocenters. The minimum absolute atomic E-state index is 0.154. The molecule has 0 radical (unpaired) electrons. The Labute approximate surface area is 96.3 Å². The van der Waals surface area contributed by atoms with Gasteiger partial charge in [0.25, 0.3) is 0 Å². The number of hydrogen-bond acceptors (Lipinski definition) is 3. The van der Waals surface area contributed by atoms with Crippen LogP contribution in [0.2, 0.25) is 0 Å². The van der Waals surface area contributed by atoms with Crippen LogP contribution < -0.4 is 5.32 Å². The SMILES string of the molecule is CCC(O)CNCC(C)(C)c1cccs1. The Hall–Kier alpha value is -0.380. The Bertz CT molecular complexity index is 269. The molecule has 0 aliphatic rings. The third-order valence-corrected chi connectivity index (χ3v) is 3.84. The zero-order valence-electron chi connectivity index (χ0n) is 9.79. The van der Waals surface area contributed by atoms with E-state index in [1.54, 1.807) is 11.3 Å². The average Bonchev–Trinajstić information content (AvgIpc) is 2.70. The molecule has 0 bridgehead atoms. The van der Waals surface area contributed by atoms with E-state index in [9.17, 15) is 5.11 Å². The fourth-order valence-corrected chi connectivity index (χ4v) is 2.30. The van der Waals surface area contributed by atoms with E-state index < -0.39 is 0 Å². The van der Waals surface area contributed by atoms with Gasteiger partial charge in [0.1, 0.15) is 0 Å². The van der Waals surface area contributed by atoms with Gasteiger partial charge < -0.3 is 10.4 Å². The van der Waals surface area contributed by atoms with Gasteiger partial charge >= 0.3 is 0 Å². The second kappa shape index (κ2) is 5.64. The quantitative estimate of drug-likeness (QED) is 0.782. The molecule has 0 spiro atoms. The largest absolute Gasteiger partial charge is 0.392 e. The van der Waals surface area contributed by atoms with Crippen LogP contribution in [0.5, 0.6) is 0 Å². The maximum absolute atomic E-state index is 9.43. The summed E-state index contributed by atoms with van der Waals surface area (Å²) >= 11 is 1.79. The first-order chi connectivity index (χ1) is 7.06. The van der Waals surface area contributed by atoms with Gasteiger partial charge in [-0.05, 0) is 17.9 Å². The van der Waals surface area contributed by atoms with Gasteiger partial charge in [0, 0.05) is 23.4 Å². The zero-order chi connectivity index (χ0) is 11.3. The normalized spacial score (nSPS) is 14.1. The molecule has 86 valence electrons. The molecule has 0 saturated heterocycles. The molecule has 1 aromatic heterocycles. The summed E-state index contributed by atoms with van der Waals surface area (Å²) in [6.07, 6.45) is 0.594. The Morgan fingerprint density at radius 2 is 2.27 bits per heavy atom. The number of aliphatic hydroxyl groups excluding tert-OH is 1. The standard InChI is InChI=1S/C12H21NOS/c1-4-10(14)8-13-9-12(2,3)11-6-5-7-15-11/h5-7,10,13-14H,4,8-9H2,1-3H3. The van der Waals surface area contributed by atoms with E-state index >= 15 is 0 Å². The predicted molar refractivity (Wildman–Crippen MR) is 66.5 cm³/mol. The Morgan fingerprint density at radius 1 is 1.53 bits per heavy atom. The van der Waals surface area contributed by atoms with Gasteiger partial charge in [0.15, 0.2) is 0 Å². The molecule has 2 N–H and O–H groups in total. The molecule has 1 rings (SSSR count). The number of rotatable bonds is 6. The molecule has 0 aliphatic carbocycles. The van der Waals surface area contributed by atoms with Crippen LogP contribution in [0, 0.1) is 0 Å². The highest BCUT2D eigenvalue weighted by atomic mass is 32.1. The van der Waals surface area contributed by atoms with E-state index in [0.717, 1.165) is 13.0 Å². The lowest BCUT2D eigenvalue weighted by Crippen LogP contribution is -2.36. The maximum atomic E-state index is 9.43. The van der Waals surface area contributed by atoms with Crippen molar-refractivity contribution in [2.75, 3.05) is 13.1 Å². The first kappa shape index (κ1) is 12.7. The first-order valence-electron chi connectivity index (χ1n) is 5.49. The van der Waals surface area contributed by atoms with E-state index in [1.807, 2.05) is 6.92 Å². The molecule has 3 heteroatoms. The molecule has 1 heterocycles. The highest BCUT2D eigenvalue weighted by molar-refractivity contribution is 7.10. The van der Waals surface area contributed by atoms with Gasteiger partial charge in [-0.3, -0.25) is 0 Å². The topological polar surface area (TPSA) is 32.3 Å². The minimum atomic E-state index is -0.218. The summed E-state index contributed by atoms with van der Waals surface area (Å²) in [5, 5.41) is 14.9. The van der Waals surface area contributed by atoms with Gasteiger partial charge in [-0.15, -0.1) is 11.3 Å². The van der Waals surface area contributed by atoms with E-state index in [0.29, 0.717) is 6.54 Å². The molecule has 1 aromatic rings. The van der Waals surface area contributed by atoms with Crippen LogP contribution in [-0.4, -0.2) is 24.3 Å². The monoisotopic (exact) mass is 227 g/mol. The maximum Gasteiger partial charge on any atom is 0.0662 e. The smallest absolute Gasteiger partial charge is 0.0662 e. The highest BCUT2D eigenvalue weighted by Gasteiger charge is 2.21. The molecule has 2 nitrogen and oxygen atoms in total. The van der Waals surface area contributed by atoms with Crippen LogP contribution in [-0.2, 0) is 5.41 Å². The number of nitrogens with one attached hydrogen (secondary N) is 1. The molecule has 15 heavy (non-hydrogen) atoms. The Balaban J connectivity index is 2.37. The molecule has 0 fully saturated rings. The van der Waals surface area contributed by atoms with Crippen molar-refractivity contribution in [2.45, 2.75) is 38.7 Å². The van der Waals surface area contributed by atoms with Crippen molar-refractivity contribution in [2.24, 2.45) is 0 Å². The summed E-state index contributed by atoms with van der Waals surface area (Å²) in [4.78, 5) is 1.39. The van der Waals surface area contributed by atoms with Crippen molar-refractivity contribution >= 4 is 11.3 Å². The summed E-state index contributed by atoms with van der Waals surface area (Å²) in [5.41, 5.74) is 0.154. The fourth-order valence-electron chi connectivity index (χ4n) is 1.45. The van der Waals surface area contributed by atoms with Crippen LogP contribution >= 0.6 is 11.3 Å². The molecule has 0 amide bonds. The van der Waals surface area contributed by atoms with E-state index in [2.05, 4.69) is 36.7 Å². The number of aliphatic hydroxyl groups is 1. The summed E-state index contributed by atoms with van der Waals surface area (Å²) in [6, 6.07) is 4.26. The van der Waals surface area contributed by atoms with Gasteiger partial charge in [-0.25, -0.2) is 0 Å². The van der Waals surface area contributed by atoms with Gasteiger partial charge in [0.05, 0.1) is 6.10 Å². The molecular formula is C12H21NOS. The van der Waals surface area contributed by atoms with Crippen molar-refractivity contribution < 1.29 is 5.11 Å². The lowest BCUT2D eigenvalue weighted by atomic mass is 9.91. The second-order valence-corrected chi connectivity index (χ2v) is 5.50. The van der Waals surface area contributed by atoms with Crippen LogP contribution in [0.4, 0.5) is 0 Å². The summed E-state index contributed by atoms with van der Waals surface area (Å²) < 4.78 is 0. The van der Waals surface area contributed by atoms with E-state index in [4.69, 9.17) is 0 Å². The van der Waals surface area contributed by atoms with Crippen LogP contribution in [0.15, 0.2) is 17.5 Å². The van der Waals surface area contributed by atoms with Crippen molar-refractivity contribution in [3.63, 3.8) is 0 Å². The van der Waals surface area contributed by atoms with Crippen molar-refractivity contribution in [1.82, 2.24) is 5.32 Å². The zero-order valence-corrected chi connectivity index (χ0v) is 10.6. The predicted octanol–water partition coefficient (Wildman–Crippen LogP) is 2.39. The summed E-state index contributed by atoms with van der Waals surface area (Å²) in [6.45, 7) is 8.04. The molecule has 0 saturated carbocycles. The van der Waals surface area contributed by atoms with Crippen LogP contribution in [0.1, 0.15) is 32.1 Å². The number of hydrogen-bond donors (Lipinski definition) is 2. The van der Waals surface area contributed by atoms with E-state index in [1.165, 1.54) is 4.88 Å². The van der Waals surface area contributed by atoms with Crippen molar-refractivity contribution in [3.8, 4) is 0 Å². The van der Waals surface area contributed by atoms with Crippen molar-refractivity contribution in [1.29, 1.82) is 0 Å².